The normalized spacial score (nSPS) is 12.5. The van der Waals surface area contributed by atoms with E-state index >= 15 is 0 Å². The quantitative estimate of drug-likeness (QED) is 0.599. The lowest BCUT2D eigenvalue weighted by molar-refractivity contribution is 0.0600. The van der Waals surface area contributed by atoms with Crippen LogP contribution in [0.2, 0.25) is 0 Å². The number of aromatic amines is 1. The summed E-state index contributed by atoms with van der Waals surface area (Å²) in [7, 11) is -2.65. The Morgan fingerprint density at radius 2 is 1.96 bits per heavy atom. The summed E-state index contributed by atoms with van der Waals surface area (Å²) in [4.78, 5) is 15.7. The predicted molar refractivity (Wildman–Crippen MR) is 97.4 cm³/mol. The van der Waals surface area contributed by atoms with Crippen molar-refractivity contribution in [3.05, 3.63) is 77.9 Å². The maximum atomic E-state index is 12.9. The van der Waals surface area contributed by atoms with Crippen molar-refractivity contribution in [2.24, 2.45) is 0 Å². The number of hydrogen-bond acceptors (Lipinski definition) is 6. The Morgan fingerprint density at radius 3 is 2.63 bits per heavy atom. The van der Waals surface area contributed by atoms with Gasteiger partial charge in [0.15, 0.2) is 0 Å². The van der Waals surface area contributed by atoms with Crippen molar-refractivity contribution in [2.45, 2.75) is 17.4 Å². The van der Waals surface area contributed by atoms with E-state index in [2.05, 4.69) is 24.6 Å². The summed E-state index contributed by atoms with van der Waals surface area (Å²) < 4.78 is 33.1. The molecule has 1 atom stereocenters. The number of H-pyrrole nitrogens is 1. The SMILES string of the molecule is COC(=O)c1cccc(S(=O)(=O)N[C@@H](Cc2ncn[nH]2)c2ccccc2)c1. The average molecular weight is 386 g/mol. The molecule has 9 heteroatoms. The molecule has 2 N–H and O–H groups in total. The first-order chi connectivity index (χ1) is 13.0. The van der Waals surface area contributed by atoms with Crippen LogP contribution in [0.15, 0.2) is 65.8 Å². The molecule has 0 aliphatic heterocycles. The van der Waals surface area contributed by atoms with Gasteiger partial charge in [0, 0.05) is 6.42 Å². The van der Waals surface area contributed by atoms with Crippen molar-refractivity contribution in [1.29, 1.82) is 0 Å². The van der Waals surface area contributed by atoms with Crippen LogP contribution in [-0.4, -0.2) is 36.7 Å². The third-order valence-corrected chi connectivity index (χ3v) is 5.40. The Balaban J connectivity index is 1.91. The number of sulfonamides is 1. The largest absolute Gasteiger partial charge is 0.465 e. The number of carbonyl (C=O) groups excluding carboxylic acids is 1. The van der Waals surface area contributed by atoms with Crippen LogP contribution in [0.25, 0.3) is 0 Å². The van der Waals surface area contributed by atoms with E-state index in [0.29, 0.717) is 12.2 Å². The van der Waals surface area contributed by atoms with Gasteiger partial charge in [0.25, 0.3) is 0 Å². The number of carbonyl (C=O) groups is 1. The van der Waals surface area contributed by atoms with E-state index in [4.69, 9.17) is 0 Å². The number of hydrogen-bond donors (Lipinski definition) is 2. The van der Waals surface area contributed by atoms with Crippen molar-refractivity contribution in [2.75, 3.05) is 7.11 Å². The fraction of sp³-hybridized carbons (Fsp3) is 0.167. The monoisotopic (exact) mass is 386 g/mol. The lowest BCUT2D eigenvalue weighted by Gasteiger charge is -2.18. The maximum Gasteiger partial charge on any atom is 0.337 e. The number of methoxy groups -OCH3 is 1. The van der Waals surface area contributed by atoms with Crippen molar-refractivity contribution >= 4 is 16.0 Å². The zero-order valence-corrected chi connectivity index (χ0v) is 15.3. The number of benzene rings is 2. The molecule has 3 aromatic rings. The summed E-state index contributed by atoms with van der Waals surface area (Å²) in [5.74, 6) is -0.0526. The van der Waals surface area contributed by atoms with Gasteiger partial charge in [0.2, 0.25) is 10.0 Å². The molecule has 0 spiro atoms. The minimum absolute atomic E-state index is 0.0242. The first-order valence-corrected chi connectivity index (χ1v) is 9.58. The van der Waals surface area contributed by atoms with Crippen molar-refractivity contribution in [3.8, 4) is 0 Å². The summed E-state index contributed by atoms with van der Waals surface area (Å²) in [6.45, 7) is 0. The molecule has 0 aliphatic carbocycles. The van der Waals surface area contributed by atoms with Gasteiger partial charge in [-0.2, -0.15) is 5.10 Å². The van der Waals surface area contributed by atoms with Crippen molar-refractivity contribution in [1.82, 2.24) is 19.9 Å². The van der Waals surface area contributed by atoms with E-state index in [1.165, 1.54) is 37.7 Å². The van der Waals surface area contributed by atoms with Gasteiger partial charge in [-0.15, -0.1) is 0 Å². The molecular weight excluding hydrogens is 368 g/mol. The molecule has 0 unspecified atom stereocenters. The zero-order valence-electron chi connectivity index (χ0n) is 14.5. The van der Waals surface area contributed by atoms with E-state index in [1.807, 2.05) is 30.3 Å². The standard InChI is InChI=1S/C18H18N4O4S/c1-26-18(23)14-8-5-9-15(10-14)27(24,25)22-16(11-17-19-12-20-21-17)13-6-3-2-4-7-13/h2-10,12,16,22H,11H2,1H3,(H,19,20,21)/t16-/m0/s1. The van der Waals surface area contributed by atoms with Crippen LogP contribution in [0.3, 0.4) is 0 Å². The van der Waals surface area contributed by atoms with E-state index < -0.39 is 22.0 Å². The van der Waals surface area contributed by atoms with E-state index in [-0.39, 0.29) is 10.5 Å². The van der Waals surface area contributed by atoms with E-state index in [1.54, 1.807) is 0 Å². The highest BCUT2D eigenvalue weighted by atomic mass is 32.2. The summed E-state index contributed by atoms with van der Waals surface area (Å²) in [5.41, 5.74) is 0.938. The molecule has 2 aromatic carbocycles. The lowest BCUT2D eigenvalue weighted by atomic mass is 10.0. The maximum absolute atomic E-state index is 12.9. The molecule has 1 aromatic heterocycles. The fourth-order valence-corrected chi connectivity index (χ4v) is 3.87. The first kappa shape index (κ1) is 18.7. The summed E-state index contributed by atoms with van der Waals surface area (Å²) >= 11 is 0. The van der Waals surface area contributed by atoms with Gasteiger partial charge in [-0.1, -0.05) is 36.4 Å². The van der Waals surface area contributed by atoms with Gasteiger partial charge >= 0.3 is 5.97 Å². The van der Waals surface area contributed by atoms with Crippen LogP contribution in [0.1, 0.15) is 27.8 Å². The predicted octanol–water partition coefficient (Wildman–Crippen LogP) is 1.85. The van der Waals surface area contributed by atoms with E-state index in [0.717, 1.165) is 5.56 Å². The van der Waals surface area contributed by atoms with Crippen LogP contribution in [0, 0.1) is 0 Å². The Bertz CT molecular complexity index is 1000. The minimum Gasteiger partial charge on any atom is -0.465 e. The van der Waals surface area contributed by atoms with Crippen molar-refractivity contribution in [3.63, 3.8) is 0 Å². The third-order valence-electron chi connectivity index (χ3n) is 3.93. The fourth-order valence-electron chi connectivity index (χ4n) is 2.60. The molecule has 140 valence electrons. The minimum atomic E-state index is -3.89. The number of rotatable bonds is 7. The highest BCUT2D eigenvalue weighted by Gasteiger charge is 2.23. The molecule has 0 fully saturated rings. The second-order valence-electron chi connectivity index (χ2n) is 5.74. The first-order valence-electron chi connectivity index (χ1n) is 8.09. The van der Waals surface area contributed by atoms with Gasteiger partial charge in [-0.25, -0.2) is 22.9 Å². The molecule has 0 amide bonds. The van der Waals surface area contributed by atoms with Gasteiger partial charge in [0.05, 0.1) is 23.6 Å². The Morgan fingerprint density at radius 1 is 1.19 bits per heavy atom. The smallest absolute Gasteiger partial charge is 0.337 e. The Labute approximate surface area is 156 Å². The Kier molecular flexibility index (Phi) is 5.63. The molecule has 27 heavy (non-hydrogen) atoms. The molecule has 3 rings (SSSR count). The highest BCUT2D eigenvalue weighted by Crippen LogP contribution is 2.21. The lowest BCUT2D eigenvalue weighted by Crippen LogP contribution is -2.30. The topological polar surface area (TPSA) is 114 Å². The second-order valence-corrected chi connectivity index (χ2v) is 7.45. The van der Waals surface area contributed by atoms with Crippen molar-refractivity contribution < 1.29 is 17.9 Å². The summed E-state index contributed by atoms with van der Waals surface area (Å²) in [5, 5.41) is 6.54. The van der Waals surface area contributed by atoms with E-state index in [9.17, 15) is 13.2 Å². The summed E-state index contributed by atoms with van der Waals surface area (Å²) in [6.07, 6.45) is 1.66. The summed E-state index contributed by atoms with van der Waals surface area (Å²) in [6, 6.07) is 14.3. The molecule has 0 radical (unpaired) electrons. The molecule has 0 aliphatic rings. The second kappa shape index (κ2) is 8.11. The number of nitrogens with one attached hydrogen (secondary N) is 2. The highest BCUT2D eigenvalue weighted by molar-refractivity contribution is 7.89. The van der Waals surface area contributed by atoms with Crippen LogP contribution in [-0.2, 0) is 21.2 Å². The number of esters is 1. The van der Waals surface area contributed by atoms with Crippen LogP contribution in [0.5, 0.6) is 0 Å². The van der Waals surface area contributed by atoms with Crippen LogP contribution >= 0.6 is 0 Å². The molecule has 8 nitrogen and oxygen atoms in total. The third kappa shape index (κ3) is 4.57. The van der Waals surface area contributed by atoms with Gasteiger partial charge in [-0.3, -0.25) is 5.10 Å². The molecule has 0 saturated carbocycles. The van der Waals surface area contributed by atoms with Crippen LogP contribution in [0.4, 0.5) is 0 Å². The average Bonchev–Trinajstić information content (AvgIpc) is 3.20. The molecule has 0 saturated heterocycles. The Hall–Kier alpha value is -3.04. The number of aromatic nitrogens is 3. The van der Waals surface area contributed by atoms with Crippen LogP contribution < -0.4 is 4.72 Å². The number of nitrogens with zero attached hydrogens (tertiary/aromatic N) is 2. The molecule has 0 bridgehead atoms. The van der Waals surface area contributed by atoms with Gasteiger partial charge in [-0.05, 0) is 23.8 Å². The number of ether oxygens (including phenoxy) is 1. The zero-order chi connectivity index (χ0) is 19.3. The molecular formula is C18H18N4O4S. The van der Waals surface area contributed by atoms with Gasteiger partial charge < -0.3 is 4.74 Å². The molecule has 1 heterocycles. The van der Waals surface area contributed by atoms with Gasteiger partial charge in [0.1, 0.15) is 12.2 Å².